The Bertz CT molecular complexity index is 1310. The Labute approximate surface area is 199 Å². The van der Waals surface area contributed by atoms with Gasteiger partial charge in [-0.15, -0.1) is 0 Å². The molecule has 4 rings (SSSR count). The molecule has 1 aromatic heterocycles. The summed E-state index contributed by atoms with van der Waals surface area (Å²) in [4.78, 5) is 13.6. The van der Waals surface area contributed by atoms with Gasteiger partial charge in [0.15, 0.2) is 17.4 Å². The summed E-state index contributed by atoms with van der Waals surface area (Å²) in [5, 5.41) is 0.887. The summed E-state index contributed by atoms with van der Waals surface area (Å²) in [6, 6.07) is 19.8. The molecule has 0 aliphatic heterocycles. The summed E-state index contributed by atoms with van der Waals surface area (Å²) < 4.78 is 34.9. The molecule has 4 aromatic rings. The summed E-state index contributed by atoms with van der Waals surface area (Å²) in [7, 11) is 0. The minimum absolute atomic E-state index is 0.00518. The lowest BCUT2D eigenvalue weighted by molar-refractivity contribution is 0.0982. The van der Waals surface area contributed by atoms with E-state index in [4.69, 9.17) is 4.74 Å². The van der Waals surface area contributed by atoms with E-state index in [1.807, 2.05) is 43.3 Å². The topological polar surface area (TPSA) is 31.2 Å². The molecule has 0 aliphatic carbocycles. The Kier molecular flexibility index (Phi) is 7.11. The van der Waals surface area contributed by atoms with Crippen LogP contribution in [-0.4, -0.2) is 17.0 Å². The van der Waals surface area contributed by atoms with E-state index in [0.717, 1.165) is 34.0 Å². The van der Waals surface area contributed by atoms with E-state index in [1.54, 1.807) is 0 Å². The van der Waals surface area contributed by atoms with Crippen LogP contribution in [-0.2, 0) is 13.0 Å². The van der Waals surface area contributed by atoms with Gasteiger partial charge in [0.2, 0.25) is 0 Å². The van der Waals surface area contributed by atoms with E-state index in [9.17, 15) is 13.6 Å². The van der Waals surface area contributed by atoms with E-state index < -0.39 is 11.6 Å². The molecule has 0 radical (unpaired) electrons. The molecule has 0 spiro atoms. The number of Topliss-reactive ketones (excluding diaryl/α,β-unsaturated/α-hetero) is 1. The van der Waals surface area contributed by atoms with Crippen molar-refractivity contribution < 1.29 is 18.3 Å². The zero-order valence-electron chi connectivity index (χ0n) is 19.8. The van der Waals surface area contributed by atoms with E-state index in [-0.39, 0.29) is 18.1 Å². The molecule has 3 nitrogen and oxygen atoms in total. The van der Waals surface area contributed by atoms with Gasteiger partial charge >= 0.3 is 0 Å². The maximum absolute atomic E-state index is 13.6. The highest BCUT2D eigenvalue weighted by Crippen LogP contribution is 2.35. The number of hydrogen-bond donors (Lipinski definition) is 0. The molecule has 5 heteroatoms. The monoisotopic (exact) mass is 461 g/mol. The Hall–Kier alpha value is -3.47. The predicted molar refractivity (Wildman–Crippen MR) is 132 cm³/mol. The first-order valence-electron chi connectivity index (χ1n) is 11.7. The van der Waals surface area contributed by atoms with Crippen LogP contribution in [0.5, 0.6) is 5.75 Å². The zero-order valence-corrected chi connectivity index (χ0v) is 19.8. The van der Waals surface area contributed by atoms with Crippen molar-refractivity contribution in [3.63, 3.8) is 0 Å². The number of hydrogen-bond acceptors (Lipinski definition) is 2. The largest absolute Gasteiger partial charge is 0.494 e. The normalized spacial score (nSPS) is 11.4. The highest BCUT2D eigenvalue weighted by atomic mass is 19.2. The van der Waals surface area contributed by atoms with Gasteiger partial charge in [-0.1, -0.05) is 50.2 Å². The molecule has 0 saturated heterocycles. The lowest BCUT2D eigenvalue weighted by atomic mass is 9.96. The average molecular weight is 462 g/mol. The molecular weight excluding hydrogens is 432 g/mol. The third-order valence-corrected chi connectivity index (χ3v) is 6.02. The molecule has 0 amide bonds. The number of ketones is 1. The summed E-state index contributed by atoms with van der Waals surface area (Å²) in [6.45, 7) is 7.31. The standard InChI is InChI=1S/C29H29F2NO2/c1-4-34-22-12-13-23-26(17-22)32(18-21-8-6-5-7-9-21)29(19(2)3)28(23)27(33)15-11-20-10-14-24(30)25(31)16-20/h5-10,12-14,16-17,19H,4,11,15,18H2,1-3H3. The predicted octanol–water partition coefficient (Wildman–Crippen LogP) is 7.31. The van der Waals surface area contributed by atoms with Crippen LogP contribution in [0.3, 0.4) is 0 Å². The number of halogens is 2. The lowest BCUT2D eigenvalue weighted by Crippen LogP contribution is -2.11. The number of benzene rings is 3. The van der Waals surface area contributed by atoms with Crippen molar-refractivity contribution in [2.24, 2.45) is 0 Å². The van der Waals surface area contributed by atoms with Crippen molar-refractivity contribution in [2.75, 3.05) is 6.61 Å². The smallest absolute Gasteiger partial charge is 0.165 e. The minimum atomic E-state index is -0.893. The Morgan fingerprint density at radius 1 is 0.941 bits per heavy atom. The van der Waals surface area contributed by atoms with Crippen molar-refractivity contribution in [3.05, 3.63) is 101 Å². The van der Waals surface area contributed by atoms with Gasteiger partial charge in [0.1, 0.15) is 5.75 Å². The maximum Gasteiger partial charge on any atom is 0.165 e. The van der Waals surface area contributed by atoms with E-state index >= 15 is 0 Å². The lowest BCUT2D eigenvalue weighted by Gasteiger charge is -2.15. The fourth-order valence-corrected chi connectivity index (χ4v) is 4.51. The first-order valence-corrected chi connectivity index (χ1v) is 11.7. The molecular formula is C29H29F2NO2. The summed E-state index contributed by atoms with van der Waals surface area (Å²) >= 11 is 0. The van der Waals surface area contributed by atoms with Crippen LogP contribution in [0.25, 0.3) is 10.9 Å². The first-order chi connectivity index (χ1) is 16.4. The van der Waals surface area contributed by atoms with Crippen molar-refractivity contribution >= 4 is 16.7 Å². The molecule has 0 atom stereocenters. The molecule has 0 N–H and O–H groups in total. The Balaban J connectivity index is 1.78. The minimum Gasteiger partial charge on any atom is -0.494 e. The number of aromatic nitrogens is 1. The second-order valence-corrected chi connectivity index (χ2v) is 8.77. The van der Waals surface area contributed by atoms with Gasteiger partial charge in [-0.05, 0) is 54.7 Å². The van der Waals surface area contributed by atoms with E-state index in [2.05, 4.69) is 30.5 Å². The van der Waals surface area contributed by atoms with Gasteiger partial charge in [-0.3, -0.25) is 4.79 Å². The number of carbonyl (C=O) groups excluding carboxylic acids is 1. The number of fused-ring (bicyclic) bond motifs is 1. The highest BCUT2D eigenvalue weighted by molar-refractivity contribution is 6.10. The highest BCUT2D eigenvalue weighted by Gasteiger charge is 2.25. The number of carbonyl (C=O) groups is 1. The van der Waals surface area contributed by atoms with E-state index in [0.29, 0.717) is 30.7 Å². The Morgan fingerprint density at radius 2 is 1.71 bits per heavy atom. The van der Waals surface area contributed by atoms with Crippen LogP contribution in [0.15, 0.2) is 66.7 Å². The second-order valence-electron chi connectivity index (χ2n) is 8.77. The van der Waals surface area contributed by atoms with Crippen molar-refractivity contribution in [1.29, 1.82) is 0 Å². The van der Waals surface area contributed by atoms with Crippen molar-refractivity contribution in [1.82, 2.24) is 4.57 Å². The van der Waals surface area contributed by atoms with Crippen LogP contribution in [0.4, 0.5) is 8.78 Å². The first kappa shape index (κ1) is 23.7. The quantitative estimate of drug-likeness (QED) is 0.245. The number of ether oxygens (including phenoxy) is 1. The molecule has 1 heterocycles. The number of nitrogens with zero attached hydrogens (tertiary/aromatic N) is 1. The number of rotatable bonds is 9. The van der Waals surface area contributed by atoms with E-state index in [1.165, 1.54) is 12.1 Å². The van der Waals surface area contributed by atoms with Gasteiger partial charge in [0, 0.05) is 35.7 Å². The number of aryl methyl sites for hydroxylation is 1. The van der Waals surface area contributed by atoms with Crippen molar-refractivity contribution in [3.8, 4) is 5.75 Å². The Morgan fingerprint density at radius 3 is 2.38 bits per heavy atom. The molecule has 0 fully saturated rings. The fraction of sp³-hybridized carbons (Fsp3) is 0.276. The van der Waals surface area contributed by atoms with Gasteiger partial charge in [0.25, 0.3) is 0 Å². The molecule has 0 saturated carbocycles. The second kappa shape index (κ2) is 10.2. The average Bonchev–Trinajstić information content (AvgIpc) is 3.14. The van der Waals surface area contributed by atoms with Crippen molar-refractivity contribution in [2.45, 2.75) is 46.1 Å². The summed E-state index contributed by atoms with van der Waals surface area (Å²) in [5.41, 5.74) is 4.37. The van der Waals surface area contributed by atoms with Crippen LogP contribution in [0.1, 0.15) is 60.3 Å². The third-order valence-electron chi connectivity index (χ3n) is 6.02. The third kappa shape index (κ3) is 4.89. The molecule has 3 aromatic carbocycles. The summed E-state index contributed by atoms with van der Waals surface area (Å²) in [5.74, 6) is -0.914. The van der Waals surface area contributed by atoms with Gasteiger partial charge in [-0.2, -0.15) is 0 Å². The molecule has 0 bridgehead atoms. The van der Waals surface area contributed by atoms with Gasteiger partial charge in [0.05, 0.1) is 12.1 Å². The zero-order chi connectivity index (χ0) is 24.2. The van der Waals surface area contributed by atoms with Crippen LogP contribution < -0.4 is 4.74 Å². The molecule has 0 unspecified atom stereocenters. The molecule has 176 valence electrons. The van der Waals surface area contributed by atoms with Gasteiger partial charge in [-0.25, -0.2) is 8.78 Å². The van der Waals surface area contributed by atoms with Crippen LogP contribution in [0, 0.1) is 11.6 Å². The molecule has 0 aliphatic rings. The van der Waals surface area contributed by atoms with Gasteiger partial charge < -0.3 is 9.30 Å². The molecule has 34 heavy (non-hydrogen) atoms. The fourth-order valence-electron chi connectivity index (χ4n) is 4.51. The summed E-state index contributed by atoms with van der Waals surface area (Å²) in [6.07, 6.45) is 0.554. The van der Waals surface area contributed by atoms with Crippen LogP contribution in [0.2, 0.25) is 0 Å². The van der Waals surface area contributed by atoms with Crippen LogP contribution >= 0.6 is 0 Å². The maximum atomic E-state index is 13.6. The SMILES string of the molecule is CCOc1ccc2c(C(=O)CCc3ccc(F)c(F)c3)c(C(C)C)n(Cc3ccccc3)c2c1.